The lowest BCUT2D eigenvalue weighted by Crippen LogP contribution is -2.35. The van der Waals surface area contributed by atoms with E-state index in [9.17, 15) is 18.0 Å². The molecular weight excluding hydrogens is 521 g/mol. The molecule has 0 fully saturated rings. The first-order valence-electron chi connectivity index (χ1n) is 11.7. The van der Waals surface area contributed by atoms with Crippen LogP contribution in [-0.4, -0.2) is 53.5 Å². The Morgan fingerprint density at radius 3 is 2.47 bits per heavy atom. The first-order valence-corrected chi connectivity index (χ1v) is 12.5. The van der Waals surface area contributed by atoms with Gasteiger partial charge in [0, 0.05) is 0 Å². The molecule has 0 aromatic heterocycles. The number of hydrazone groups is 1. The van der Waals surface area contributed by atoms with Gasteiger partial charge in [0.15, 0.2) is 17.3 Å². The highest BCUT2D eigenvalue weighted by molar-refractivity contribution is 8.27. The lowest BCUT2D eigenvalue weighted by molar-refractivity contribution is -0.114. The minimum atomic E-state index is -4.70. The maximum Gasteiger partial charge on any atom is 0.441 e. The first kappa shape index (κ1) is 27.2. The highest BCUT2D eigenvalue weighted by Crippen LogP contribution is 2.36. The van der Waals surface area contributed by atoms with Crippen molar-refractivity contribution < 1.29 is 32.2 Å². The Balaban J connectivity index is 1.40. The van der Waals surface area contributed by atoms with Crippen molar-refractivity contribution in [3.8, 4) is 17.2 Å². The molecule has 1 unspecified atom stereocenters. The van der Waals surface area contributed by atoms with E-state index in [-0.39, 0.29) is 29.1 Å². The summed E-state index contributed by atoms with van der Waals surface area (Å²) >= 11 is 0.201. The van der Waals surface area contributed by atoms with Crippen LogP contribution in [0.15, 0.2) is 58.1 Å². The zero-order valence-electron chi connectivity index (χ0n) is 20.8. The van der Waals surface area contributed by atoms with Gasteiger partial charge in [-0.25, -0.2) is 0 Å². The van der Waals surface area contributed by atoms with Gasteiger partial charge in [-0.2, -0.15) is 28.3 Å². The third kappa shape index (κ3) is 6.01. The summed E-state index contributed by atoms with van der Waals surface area (Å²) in [6.07, 6.45) is -2.30. The molecule has 2 aromatic rings. The van der Waals surface area contributed by atoms with Crippen molar-refractivity contribution in [3.63, 3.8) is 0 Å². The summed E-state index contributed by atoms with van der Waals surface area (Å²) in [5.74, 6) is 0.696. The smallest absolute Gasteiger partial charge is 0.441 e. The summed E-state index contributed by atoms with van der Waals surface area (Å²) in [6, 6.07) is 12.8. The molecule has 2 heterocycles. The number of aliphatic imine (C=N–C) groups is 1. The monoisotopic (exact) mass is 546 g/mol. The topological polar surface area (TPSA) is 96.6 Å². The van der Waals surface area contributed by atoms with E-state index in [4.69, 9.17) is 19.6 Å². The number of carbonyl (C=O) groups is 1. The van der Waals surface area contributed by atoms with Crippen molar-refractivity contribution in [2.24, 2.45) is 10.1 Å². The molecule has 38 heavy (non-hydrogen) atoms. The molecule has 0 saturated heterocycles. The van der Waals surface area contributed by atoms with Crippen LogP contribution in [0, 0.1) is 5.41 Å². The summed E-state index contributed by atoms with van der Waals surface area (Å²) in [7, 11) is 1.45. The maximum atomic E-state index is 13.0. The van der Waals surface area contributed by atoms with Crippen LogP contribution < -0.4 is 14.2 Å². The van der Waals surface area contributed by atoms with E-state index in [2.05, 4.69) is 23.9 Å². The van der Waals surface area contributed by atoms with Crippen LogP contribution in [0.5, 0.6) is 17.2 Å². The Labute approximate surface area is 221 Å². The quantitative estimate of drug-likeness (QED) is 0.313. The zero-order valence-corrected chi connectivity index (χ0v) is 21.7. The average Bonchev–Trinajstić information content (AvgIpc) is 3.34. The van der Waals surface area contributed by atoms with Gasteiger partial charge in [0.25, 0.3) is 5.91 Å². The van der Waals surface area contributed by atoms with Gasteiger partial charge in [-0.1, -0.05) is 32.0 Å². The number of halogens is 3. The van der Waals surface area contributed by atoms with Crippen LogP contribution in [0.1, 0.15) is 37.3 Å². The van der Waals surface area contributed by atoms with Gasteiger partial charge in [-0.15, -0.1) is 0 Å². The van der Waals surface area contributed by atoms with Gasteiger partial charge >= 0.3 is 6.18 Å². The van der Waals surface area contributed by atoms with Crippen molar-refractivity contribution in [2.75, 3.05) is 20.3 Å². The molecule has 2 aliphatic heterocycles. The fourth-order valence-electron chi connectivity index (χ4n) is 3.61. The summed E-state index contributed by atoms with van der Waals surface area (Å²) in [6.45, 7) is 4.87. The minimum absolute atomic E-state index is 0.201. The Bertz CT molecular complexity index is 1320. The number of hydrogen-bond donors (Lipinski definition) is 1. The highest BCUT2D eigenvalue weighted by atomic mass is 32.2. The second kappa shape index (κ2) is 11.3. The van der Waals surface area contributed by atoms with Gasteiger partial charge in [0.1, 0.15) is 19.0 Å². The molecule has 0 radical (unpaired) electrons. The molecule has 0 spiro atoms. The minimum Gasteiger partial charge on any atom is -0.493 e. The van der Waals surface area contributed by atoms with Crippen molar-refractivity contribution in [3.05, 3.63) is 59.2 Å². The number of amidine groups is 2. The zero-order chi connectivity index (χ0) is 27.4. The lowest BCUT2D eigenvalue weighted by atomic mass is 9.99. The molecule has 0 aliphatic carbocycles. The highest BCUT2D eigenvalue weighted by Gasteiger charge is 2.46. The van der Waals surface area contributed by atoms with Gasteiger partial charge in [0.05, 0.1) is 12.7 Å². The largest absolute Gasteiger partial charge is 0.493 e. The molecule has 0 bridgehead atoms. The van der Waals surface area contributed by atoms with Gasteiger partial charge in [-0.3, -0.25) is 10.2 Å². The molecule has 2 aliphatic rings. The van der Waals surface area contributed by atoms with Gasteiger partial charge < -0.3 is 14.2 Å². The molecule has 1 N–H and O–H groups in total. The summed E-state index contributed by atoms with van der Waals surface area (Å²) < 4.78 is 55.9. The average molecular weight is 547 g/mol. The van der Waals surface area contributed by atoms with Crippen LogP contribution in [0.25, 0.3) is 6.08 Å². The molecule has 1 amide bonds. The number of amides is 1. The molecule has 200 valence electrons. The summed E-state index contributed by atoms with van der Waals surface area (Å²) in [5, 5.41) is 10.8. The number of hydrogen-bond acceptors (Lipinski definition) is 7. The second-order valence-corrected chi connectivity index (χ2v) is 9.36. The van der Waals surface area contributed by atoms with Crippen molar-refractivity contribution in [1.29, 1.82) is 5.41 Å². The Morgan fingerprint density at radius 2 is 1.82 bits per heavy atom. The van der Waals surface area contributed by atoms with Gasteiger partial charge in [-0.05, 0) is 65.6 Å². The van der Waals surface area contributed by atoms with Crippen molar-refractivity contribution in [2.45, 2.75) is 32.4 Å². The van der Waals surface area contributed by atoms with Crippen molar-refractivity contribution >= 4 is 39.8 Å². The molecule has 0 saturated carbocycles. The number of rotatable bonds is 9. The number of alkyl halides is 3. The van der Waals surface area contributed by atoms with E-state index in [0.717, 1.165) is 12.2 Å². The SMILES string of the molecule is CCC(C)c1ccc(OCCOc2ccc(C=C3C(=N)N4N=C(C(F)(F)F)SC4=NC3=O)cc2OC)cc1. The van der Waals surface area contributed by atoms with Crippen LogP contribution in [0.4, 0.5) is 13.2 Å². The Morgan fingerprint density at radius 1 is 1.11 bits per heavy atom. The van der Waals surface area contributed by atoms with E-state index in [1.165, 1.54) is 18.7 Å². The second-order valence-electron chi connectivity index (χ2n) is 8.41. The lowest BCUT2D eigenvalue weighted by Gasteiger charge is -2.20. The summed E-state index contributed by atoms with van der Waals surface area (Å²) in [4.78, 5) is 16.1. The number of nitrogens with zero attached hydrogens (tertiary/aromatic N) is 3. The fraction of sp³-hybridized carbons (Fsp3) is 0.308. The molecule has 1 atom stereocenters. The third-order valence-corrected chi connectivity index (χ3v) is 6.82. The standard InChI is InChI=1S/C26H25F3N4O4S/c1-4-15(2)17-6-8-18(9-7-17)36-11-12-37-20-10-5-16(14-21(20)35-3)13-19-22(30)33-25(31-23(19)34)38-24(32-33)26(27,28)29/h5-10,13-15,30H,4,11-12H2,1-3H3. The van der Waals surface area contributed by atoms with Crippen LogP contribution >= 0.6 is 11.8 Å². The van der Waals surface area contributed by atoms with Crippen molar-refractivity contribution in [1.82, 2.24) is 5.01 Å². The molecule has 4 rings (SSSR count). The normalized spacial score (nSPS) is 17.2. The molecule has 12 heteroatoms. The molecule has 8 nitrogen and oxygen atoms in total. The van der Waals surface area contributed by atoms with Crippen LogP contribution in [0.3, 0.4) is 0 Å². The predicted octanol–water partition coefficient (Wildman–Crippen LogP) is 5.85. The summed E-state index contributed by atoms with van der Waals surface area (Å²) in [5.41, 5.74) is 1.52. The van der Waals surface area contributed by atoms with Gasteiger partial charge in [0.2, 0.25) is 10.2 Å². The van der Waals surface area contributed by atoms with Crippen LogP contribution in [0.2, 0.25) is 0 Å². The number of nitrogens with one attached hydrogen (secondary N) is 1. The number of fused-ring (bicyclic) bond motifs is 1. The Kier molecular flexibility index (Phi) is 8.10. The van der Waals surface area contributed by atoms with E-state index in [1.807, 2.05) is 24.3 Å². The number of methoxy groups -OCH3 is 1. The maximum absolute atomic E-state index is 13.0. The fourth-order valence-corrected chi connectivity index (χ4v) is 4.36. The number of thioether (sulfide) groups is 1. The van der Waals surface area contributed by atoms with E-state index >= 15 is 0 Å². The number of carbonyl (C=O) groups excluding carboxylic acids is 1. The van der Waals surface area contributed by atoms with E-state index in [0.29, 0.717) is 34.6 Å². The molecule has 2 aromatic carbocycles. The van der Waals surface area contributed by atoms with Crippen LogP contribution in [-0.2, 0) is 4.79 Å². The first-order chi connectivity index (χ1) is 18.1. The number of ether oxygens (including phenoxy) is 3. The van der Waals surface area contributed by atoms with E-state index < -0.39 is 23.0 Å². The predicted molar refractivity (Wildman–Crippen MR) is 140 cm³/mol. The number of benzene rings is 2. The molecular formula is C26H25F3N4O4S. The van der Waals surface area contributed by atoms with E-state index in [1.54, 1.807) is 18.2 Å². The third-order valence-electron chi connectivity index (χ3n) is 5.87. The Hall–Kier alpha value is -3.80.